The normalized spacial score (nSPS) is 14.8. The fourth-order valence-electron chi connectivity index (χ4n) is 3.51. The van der Waals surface area contributed by atoms with Gasteiger partial charge in [0.05, 0.1) is 0 Å². The number of benzene rings is 4. The van der Waals surface area contributed by atoms with Crippen LogP contribution in [-0.4, -0.2) is 22.6 Å². The Kier molecular flexibility index (Phi) is 10.3. The van der Waals surface area contributed by atoms with Crippen molar-refractivity contribution < 1.29 is 52.5 Å². The summed E-state index contributed by atoms with van der Waals surface area (Å²) in [6.45, 7) is 0. The Morgan fingerprint density at radius 3 is 1.07 bits per heavy atom. The van der Waals surface area contributed by atoms with Gasteiger partial charge in [0, 0.05) is 40.6 Å². The molecule has 12 heteroatoms. The molecule has 0 heterocycles. The van der Waals surface area contributed by atoms with Crippen LogP contribution in [-0.2, 0) is 17.1 Å². The number of para-hydroxylation sites is 2. The Balaban J connectivity index is 0.000000623. The van der Waals surface area contributed by atoms with Crippen LogP contribution in [0, 0.1) is 0 Å². The van der Waals surface area contributed by atoms with E-state index in [1.807, 2.05) is 84.9 Å². The summed E-state index contributed by atoms with van der Waals surface area (Å²) in [5.74, 6) is 0.356. The molecule has 1 radical (unpaired) electrons. The van der Waals surface area contributed by atoms with E-state index in [9.17, 15) is 35.4 Å². The van der Waals surface area contributed by atoms with Gasteiger partial charge < -0.3 is 10.2 Å². The first kappa shape index (κ1) is 32.6. The van der Waals surface area contributed by atoms with Crippen LogP contribution in [0.4, 0.5) is 25.2 Å². The number of phenolic OH excluding ortho intramolecular Hbond substituents is 2. The number of halogens is 6. The number of aromatic hydroxyl groups is 2. The molecule has 4 nitrogen and oxygen atoms in total. The van der Waals surface area contributed by atoms with Gasteiger partial charge in [-0.3, -0.25) is 9.98 Å². The summed E-state index contributed by atoms with van der Waals surface area (Å²) in [6.07, 6.45) is 3.39. The number of hydrogen-bond acceptors (Lipinski definition) is 4. The van der Waals surface area contributed by atoms with Crippen molar-refractivity contribution in [2.45, 2.75) is 12.1 Å². The fourth-order valence-corrected chi connectivity index (χ4v) is 3.51. The van der Waals surface area contributed by atoms with Crippen molar-refractivity contribution in [1.29, 1.82) is 0 Å². The second-order valence-electron chi connectivity index (χ2n) is 8.34. The Bertz CT molecular complexity index is 1330. The molecule has 0 spiro atoms. The number of aliphatic imine (C=N–C) groups is 2. The van der Waals surface area contributed by atoms with Crippen LogP contribution < -0.4 is 0 Å². The van der Waals surface area contributed by atoms with Crippen LogP contribution in [0.5, 0.6) is 11.5 Å². The fraction of sp³-hybridized carbons (Fsp3) is 0.0714. The van der Waals surface area contributed by atoms with E-state index in [0.29, 0.717) is 11.1 Å². The van der Waals surface area contributed by atoms with E-state index in [4.69, 9.17) is 9.98 Å². The van der Waals surface area contributed by atoms with Gasteiger partial charge in [-0.1, -0.05) is 84.9 Å². The summed E-state index contributed by atoms with van der Waals surface area (Å²) in [4.78, 5) is 9.75. The number of nitrogens with zero attached hydrogens (tertiary/aromatic N) is 2. The molecule has 0 aromatic heterocycles. The van der Waals surface area contributed by atoms with Crippen LogP contribution in [0.15, 0.2) is 119 Å². The van der Waals surface area contributed by atoms with E-state index in [-0.39, 0.29) is 40.7 Å². The van der Waals surface area contributed by atoms with E-state index in [1.165, 1.54) is 0 Å². The van der Waals surface area contributed by atoms with Crippen LogP contribution >= 0.6 is 7.81 Å². The Morgan fingerprint density at radius 1 is 0.500 bits per heavy atom. The molecule has 40 heavy (non-hydrogen) atoms. The Hall–Kier alpha value is -3.65. The summed E-state index contributed by atoms with van der Waals surface area (Å²) in [6, 6.07) is 33.5. The summed E-state index contributed by atoms with van der Waals surface area (Å²) in [5, 5.41) is 20.4. The maximum absolute atomic E-state index is 10.7. The minimum atomic E-state index is -10.7. The molecule has 213 valence electrons. The first-order valence-corrected chi connectivity index (χ1v) is 13.5. The molecule has 0 aliphatic rings. The number of phenols is 2. The molecular formula is C28H24F6MnN2O2P-. The average Bonchev–Trinajstić information content (AvgIpc) is 2.87. The molecule has 0 unspecified atom stereocenters. The van der Waals surface area contributed by atoms with Crippen molar-refractivity contribution in [1.82, 2.24) is 0 Å². The molecular weight excluding hydrogens is 596 g/mol. The summed E-state index contributed by atoms with van der Waals surface area (Å²) < 4.78 is 59.2. The van der Waals surface area contributed by atoms with Gasteiger partial charge in [0.1, 0.15) is 23.6 Å². The maximum atomic E-state index is 10.2. The largest absolute Gasteiger partial charge is 0.507 e. The Morgan fingerprint density at radius 2 is 0.775 bits per heavy atom. The van der Waals surface area contributed by atoms with E-state index < -0.39 is 7.81 Å². The van der Waals surface area contributed by atoms with Gasteiger partial charge in [0.15, 0.2) is 0 Å². The number of rotatable bonds is 7. The molecule has 0 fully saturated rings. The van der Waals surface area contributed by atoms with Gasteiger partial charge in [-0.15, -0.1) is 0 Å². The van der Waals surface area contributed by atoms with Crippen LogP contribution in [0.2, 0.25) is 0 Å². The first-order chi connectivity index (χ1) is 18.2. The van der Waals surface area contributed by atoms with Gasteiger partial charge in [-0.2, -0.15) is 0 Å². The molecule has 0 saturated heterocycles. The smallest absolute Gasteiger partial charge is 0.124 e. The predicted octanol–water partition coefficient (Wildman–Crippen LogP) is 9.50. The van der Waals surface area contributed by atoms with Gasteiger partial charge in [0.2, 0.25) is 0 Å². The molecule has 4 rings (SSSR count). The monoisotopic (exact) mass is 620 g/mol. The molecule has 2 atom stereocenters. The zero-order chi connectivity index (χ0) is 28.6. The van der Waals surface area contributed by atoms with Crippen LogP contribution in [0.1, 0.15) is 34.3 Å². The molecule has 0 bridgehead atoms. The van der Waals surface area contributed by atoms with Crippen molar-refractivity contribution >= 4 is 20.2 Å². The summed E-state index contributed by atoms with van der Waals surface area (Å²) >= 11 is 0. The zero-order valence-corrected chi connectivity index (χ0v) is 22.7. The maximum Gasteiger partial charge on any atom is 0.124 e. The molecule has 2 N–H and O–H groups in total. The minimum Gasteiger partial charge on any atom is -0.507 e. The zero-order valence-electron chi connectivity index (χ0n) is 20.6. The SMILES string of the molecule is F[P-](F)(F)(F)(F)F.Oc1ccccc1C=N[C@@H](c1ccccc1)[C@@H](N=Cc1ccccc1O)c1ccccc1.[Mn]. The van der Waals surface area contributed by atoms with Crippen molar-refractivity contribution in [3.05, 3.63) is 131 Å². The number of hydrogen-bond donors (Lipinski definition) is 2. The van der Waals surface area contributed by atoms with E-state index in [0.717, 1.165) is 11.1 Å². The topological polar surface area (TPSA) is 65.2 Å². The Labute approximate surface area is 237 Å². The van der Waals surface area contributed by atoms with Crippen LogP contribution in [0.3, 0.4) is 0 Å². The van der Waals surface area contributed by atoms with E-state index >= 15 is 0 Å². The van der Waals surface area contributed by atoms with E-state index in [1.54, 1.807) is 36.7 Å². The van der Waals surface area contributed by atoms with Crippen molar-refractivity contribution in [2.75, 3.05) is 0 Å². The van der Waals surface area contributed by atoms with Gasteiger partial charge in [-0.25, -0.2) is 0 Å². The molecule has 0 saturated carbocycles. The van der Waals surface area contributed by atoms with Gasteiger partial charge in [0.25, 0.3) is 0 Å². The molecule has 0 aliphatic carbocycles. The second-order valence-corrected chi connectivity index (χ2v) is 10.3. The second kappa shape index (κ2) is 12.7. The summed E-state index contributed by atoms with van der Waals surface area (Å²) in [7, 11) is -10.7. The summed E-state index contributed by atoms with van der Waals surface area (Å²) in [5.41, 5.74) is 3.29. The molecule has 0 amide bonds. The van der Waals surface area contributed by atoms with Crippen LogP contribution in [0.25, 0.3) is 0 Å². The molecule has 0 aliphatic heterocycles. The molecule has 4 aromatic carbocycles. The van der Waals surface area contributed by atoms with Crippen molar-refractivity contribution in [3.8, 4) is 11.5 Å². The predicted molar refractivity (Wildman–Crippen MR) is 143 cm³/mol. The van der Waals surface area contributed by atoms with Gasteiger partial charge >= 0.3 is 33.0 Å². The standard InChI is InChI=1S/C28H24N2O2.F6P.Mn/c31-25-17-9-7-15-23(25)19-29-27(21-11-3-1-4-12-21)28(22-13-5-2-6-14-22)30-20-24-16-8-10-18-26(24)32;1-7(2,3,4,5)6;/h1-20,27-28,31-32H;;/q;-1;/t27-,28-;;/m0../s1. The van der Waals surface area contributed by atoms with Crippen molar-refractivity contribution in [3.63, 3.8) is 0 Å². The molecule has 4 aromatic rings. The van der Waals surface area contributed by atoms with Gasteiger partial charge in [-0.05, 0) is 35.4 Å². The third kappa shape index (κ3) is 12.0. The van der Waals surface area contributed by atoms with E-state index in [2.05, 4.69) is 0 Å². The van der Waals surface area contributed by atoms with Crippen molar-refractivity contribution in [2.24, 2.45) is 9.98 Å². The third-order valence-electron chi connectivity index (χ3n) is 5.20. The first-order valence-electron chi connectivity index (χ1n) is 11.5. The quantitative estimate of drug-likeness (QED) is 0.0936. The third-order valence-corrected chi connectivity index (χ3v) is 5.20. The minimum absolute atomic E-state index is 0. The average molecular weight is 620 g/mol.